The number of carbonyl (C=O) groups excluding carboxylic acids is 1. The lowest BCUT2D eigenvalue weighted by molar-refractivity contribution is 0.102. The van der Waals surface area contributed by atoms with E-state index in [-0.39, 0.29) is 5.91 Å². The maximum atomic E-state index is 12.7. The van der Waals surface area contributed by atoms with E-state index in [1.54, 1.807) is 21.6 Å². The van der Waals surface area contributed by atoms with Crippen LogP contribution in [0.25, 0.3) is 5.65 Å². The minimum absolute atomic E-state index is 0.263. The lowest BCUT2D eigenvalue weighted by Crippen LogP contribution is -2.12. The van der Waals surface area contributed by atoms with Crippen molar-refractivity contribution in [3.05, 3.63) is 59.6 Å². The van der Waals surface area contributed by atoms with Crippen LogP contribution in [0.4, 0.5) is 5.69 Å². The van der Waals surface area contributed by atoms with Gasteiger partial charge in [0, 0.05) is 35.9 Å². The molecule has 9 nitrogen and oxygen atoms in total. The average molecular weight is 364 g/mol. The molecule has 0 radical (unpaired) electrons. The van der Waals surface area contributed by atoms with Crippen LogP contribution in [0.2, 0.25) is 0 Å². The summed E-state index contributed by atoms with van der Waals surface area (Å²) in [7, 11) is 0. The molecule has 0 bridgehead atoms. The van der Waals surface area contributed by atoms with Crippen LogP contribution in [0.15, 0.2) is 37.1 Å². The third-order valence-electron chi connectivity index (χ3n) is 4.27. The van der Waals surface area contributed by atoms with Gasteiger partial charge in [-0.2, -0.15) is 15.3 Å². The van der Waals surface area contributed by atoms with Crippen molar-refractivity contribution in [1.82, 2.24) is 34.2 Å². The van der Waals surface area contributed by atoms with Crippen molar-refractivity contribution in [2.24, 2.45) is 0 Å². The van der Waals surface area contributed by atoms with E-state index in [1.165, 1.54) is 6.20 Å². The van der Waals surface area contributed by atoms with Gasteiger partial charge in [0.2, 0.25) is 0 Å². The number of hydrogen-bond acceptors (Lipinski definition) is 5. The predicted octanol–water partition coefficient (Wildman–Crippen LogP) is 2.06. The summed E-state index contributed by atoms with van der Waals surface area (Å²) < 4.78 is 5.29. The van der Waals surface area contributed by atoms with Crippen LogP contribution in [-0.4, -0.2) is 40.1 Å². The maximum absolute atomic E-state index is 12.7. The zero-order valence-corrected chi connectivity index (χ0v) is 15.4. The highest BCUT2D eigenvalue weighted by molar-refractivity contribution is 6.08. The Labute approximate surface area is 155 Å². The van der Waals surface area contributed by atoms with Gasteiger partial charge in [0.25, 0.3) is 5.91 Å². The van der Waals surface area contributed by atoms with Gasteiger partial charge in [-0.3, -0.25) is 14.2 Å². The highest BCUT2D eigenvalue weighted by atomic mass is 16.1. The smallest absolute Gasteiger partial charge is 0.261 e. The number of anilines is 1. The summed E-state index contributed by atoms with van der Waals surface area (Å²) >= 11 is 0. The minimum atomic E-state index is -0.263. The number of nitrogens with zero attached hydrogens (tertiary/aromatic N) is 7. The number of aromatic nitrogens is 7. The molecule has 4 aromatic rings. The van der Waals surface area contributed by atoms with Gasteiger partial charge in [0.1, 0.15) is 5.56 Å². The van der Waals surface area contributed by atoms with E-state index in [9.17, 15) is 4.79 Å². The number of hydrogen-bond donors (Lipinski definition) is 1. The summed E-state index contributed by atoms with van der Waals surface area (Å²) in [5.74, 6) is -0.263. The molecule has 0 saturated carbocycles. The Kier molecular flexibility index (Phi) is 4.19. The van der Waals surface area contributed by atoms with Crippen LogP contribution in [0.5, 0.6) is 0 Å². The summed E-state index contributed by atoms with van der Waals surface area (Å²) in [4.78, 5) is 17.1. The lowest BCUT2D eigenvalue weighted by Gasteiger charge is -2.03. The van der Waals surface area contributed by atoms with Gasteiger partial charge >= 0.3 is 0 Å². The monoisotopic (exact) mass is 364 g/mol. The van der Waals surface area contributed by atoms with Gasteiger partial charge in [-0.25, -0.2) is 9.50 Å². The van der Waals surface area contributed by atoms with Gasteiger partial charge in [-0.1, -0.05) is 0 Å². The van der Waals surface area contributed by atoms with Gasteiger partial charge in [0.05, 0.1) is 30.8 Å². The van der Waals surface area contributed by atoms with E-state index in [0.717, 1.165) is 23.5 Å². The van der Waals surface area contributed by atoms with Crippen molar-refractivity contribution in [3.63, 3.8) is 0 Å². The second-order valence-corrected chi connectivity index (χ2v) is 6.42. The number of aryl methyl sites for hydroxylation is 3. The number of amides is 1. The normalized spacial score (nSPS) is 11.2. The molecule has 0 atom stereocenters. The second kappa shape index (κ2) is 6.67. The fraction of sp³-hybridized carbons (Fsp3) is 0.278. The number of fused-ring (bicyclic) bond motifs is 1. The summed E-state index contributed by atoms with van der Waals surface area (Å²) in [5.41, 5.74) is 4.41. The van der Waals surface area contributed by atoms with Crippen molar-refractivity contribution < 1.29 is 4.79 Å². The van der Waals surface area contributed by atoms with E-state index in [4.69, 9.17) is 0 Å². The molecule has 4 heterocycles. The second-order valence-electron chi connectivity index (χ2n) is 6.42. The highest BCUT2D eigenvalue weighted by Gasteiger charge is 2.16. The quantitative estimate of drug-likeness (QED) is 0.585. The summed E-state index contributed by atoms with van der Waals surface area (Å²) in [6, 6.07) is 1.92. The molecule has 4 rings (SSSR count). The molecular formula is C18H20N8O. The lowest BCUT2D eigenvalue weighted by atomic mass is 10.3. The van der Waals surface area contributed by atoms with E-state index in [1.807, 2.05) is 43.9 Å². The molecule has 0 spiro atoms. The van der Waals surface area contributed by atoms with Crippen molar-refractivity contribution >= 4 is 17.2 Å². The molecule has 138 valence electrons. The molecule has 0 aliphatic rings. The minimum Gasteiger partial charge on any atom is -0.319 e. The van der Waals surface area contributed by atoms with E-state index in [2.05, 4.69) is 25.6 Å². The molecule has 0 aliphatic heterocycles. The Morgan fingerprint density at radius 3 is 2.67 bits per heavy atom. The standard InChI is InChI=1S/C18H20N8O/c1-4-24-9-14(6-19-24)10-25-11-15(7-20-25)23-18(27)16-8-21-26-13(3)5-12(2)22-17(16)26/h5-9,11H,4,10H2,1-3H3,(H,23,27). The fourth-order valence-electron chi connectivity index (χ4n) is 2.99. The Morgan fingerprint density at radius 1 is 1.07 bits per heavy atom. The first-order valence-corrected chi connectivity index (χ1v) is 8.70. The largest absolute Gasteiger partial charge is 0.319 e. The first-order valence-electron chi connectivity index (χ1n) is 8.70. The first-order chi connectivity index (χ1) is 13.0. The first kappa shape index (κ1) is 17.0. The Morgan fingerprint density at radius 2 is 1.89 bits per heavy atom. The van der Waals surface area contributed by atoms with Crippen LogP contribution < -0.4 is 5.32 Å². The third-order valence-corrected chi connectivity index (χ3v) is 4.27. The number of nitrogens with one attached hydrogen (secondary N) is 1. The molecule has 0 fully saturated rings. The van der Waals surface area contributed by atoms with E-state index in [0.29, 0.717) is 23.4 Å². The predicted molar refractivity (Wildman–Crippen MR) is 99.6 cm³/mol. The summed E-state index contributed by atoms with van der Waals surface area (Å²) in [6.45, 7) is 7.28. The molecule has 9 heteroatoms. The molecule has 4 aromatic heterocycles. The Bertz CT molecular complexity index is 1120. The van der Waals surface area contributed by atoms with Crippen molar-refractivity contribution in [2.45, 2.75) is 33.9 Å². The summed E-state index contributed by atoms with van der Waals surface area (Å²) in [5, 5.41) is 15.7. The molecule has 1 amide bonds. The van der Waals surface area contributed by atoms with Crippen LogP contribution in [-0.2, 0) is 13.1 Å². The van der Waals surface area contributed by atoms with Crippen LogP contribution in [0, 0.1) is 13.8 Å². The molecule has 0 saturated heterocycles. The molecule has 0 unspecified atom stereocenters. The van der Waals surface area contributed by atoms with Crippen LogP contribution in [0.1, 0.15) is 34.2 Å². The molecular weight excluding hydrogens is 344 g/mol. The van der Waals surface area contributed by atoms with E-state index >= 15 is 0 Å². The molecule has 0 aromatic carbocycles. The van der Waals surface area contributed by atoms with Crippen LogP contribution >= 0.6 is 0 Å². The van der Waals surface area contributed by atoms with Gasteiger partial charge in [-0.05, 0) is 26.8 Å². The number of rotatable bonds is 5. The highest BCUT2D eigenvalue weighted by Crippen LogP contribution is 2.15. The van der Waals surface area contributed by atoms with E-state index < -0.39 is 0 Å². The maximum Gasteiger partial charge on any atom is 0.261 e. The molecule has 27 heavy (non-hydrogen) atoms. The molecule has 0 aliphatic carbocycles. The zero-order chi connectivity index (χ0) is 19.0. The zero-order valence-electron chi connectivity index (χ0n) is 15.4. The Hall–Kier alpha value is -3.49. The van der Waals surface area contributed by atoms with Crippen molar-refractivity contribution in [3.8, 4) is 0 Å². The Balaban J connectivity index is 1.51. The van der Waals surface area contributed by atoms with Crippen molar-refractivity contribution in [2.75, 3.05) is 5.32 Å². The SMILES string of the molecule is CCn1cc(Cn2cc(NC(=O)c3cnn4c(C)cc(C)nc34)cn2)cn1. The fourth-order valence-corrected chi connectivity index (χ4v) is 2.99. The van der Waals surface area contributed by atoms with Crippen molar-refractivity contribution in [1.29, 1.82) is 0 Å². The summed E-state index contributed by atoms with van der Waals surface area (Å²) in [6.07, 6.45) is 8.75. The topological polar surface area (TPSA) is 94.9 Å². The third kappa shape index (κ3) is 3.31. The van der Waals surface area contributed by atoms with Gasteiger partial charge in [-0.15, -0.1) is 0 Å². The van der Waals surface area contributed by atoms with Gasteiger partial charge in [0.15, 0.2) is 5.65 Å². The average Bonchev–Trinajstić information content (AvgIpc) is 3.35. The molecule has 1 N–H and O–H groups in total. The van der Waals surface area contributed by atoms with Crippen LogP contribution in [0.3, 0.4) is 0 Å². The van der Waals surface area contributed by atoms with Gasteiger partial charge < -0.3 is 5.32 Å². The number of carbonyl (C=O) groups is 1.